The van der Waals surface area contributed by atoms with Crippen molar-refractivity contribution in [3.63, 3.8) is 0 Å². The topological polar surface area (TPSA) is 41.1 Å². The van der Waals surface area contributed by atoms with Crippen LogP contribution in [0.15, 0.2) is 0 Å². The molecule has 0 bridgehead atoms. The van der Waals surface area contributed by atoms with Gasteiger partial charge in [0.15, 0.2) is 0 Å². The van der Waals surface area contributed by atoms with Crippen molar-refractivity contribution in [1.29, 1.82) is 0 Å². The molecule has 1 saturated heterocycles. The third-order valence-electron chi connectivity index (χ3n) is 3.99. The van der Waals surface area contributed by atoms with Crippen molar-refractivity contribution in [1.82, 2.24) is 10.6 Å². The summed E-state index contributed by atoms with van der Waals surface area (Å²) < 4.78 is 0. The molecule has 2 aliphatic rings. The molecule has 1 heterocycles. The molecule has 4 heteroatoms. The lowest BCUT2D eigenvalue weighted by Gasteiger charge is -2.21. The molecule has 1 unspecified atom stereocenters. The number of halogens is 1. The van der Waals surface area contributed by atoms with Crippen LogP contribution in [0.3, 0.4) is 0 Å². The molecule has 2 rings (SSSR count). The van der Waals surface area contributed by atoms with Crippen LogP contribution in [-0.2, 0) is 4.79 Å². The van der Waals surface area contributed by atoms with Gasteiger partial charge in [0.05, 0.1) is 0 Å². The summed E-state index contributed by atoms with van der Waals surface area (Å²) in [7, 11) is 0. The number of amides is 1. The average Bonchev–Trinajstić information content (AvgIpc) is 2.83. The molecule has 0 radical (unpaired) electrons. The zero-order chi connectivity index (χ0) is 11.2. The van der Waals surface area contributed by atoms with Crippen LogP contribution in [0, 0.1) is 11.8 Å². The Balaban J connectivity index is 0.00000144. The summed E-state index contributed by atoms with van der Waals surface area (Å²) in [5.41, 5.74) is 0. The van der Waals surface area contributed by atoms with Crippen LogP contribution >= 0.6 is 12.4 Å². The molecule has 1 amide bonds. The molecular formula is C13H25ClN2O. The van der Waals surface area contributed by atoms with Crippen molar-refractivity contribution in [3.05, 3.63) is 0 Å². The maximum Gasteiger partial charge on any atom is 0.223 e. The first-order chi connectivity index (χ1) is 7.86. The fourth-order valence-corrected chi connectivity index (χ4v) is 2.87. The number of carbonyl (C=O) groups is 1. The molecule has 2 fully saturated rings. The van der Waals surface area contributed by atoms with Crippen molar-refractivity contribution in [2.24, 2.45) is 11.8 Å². The average molecular weight is 261 g/mol. The molecular weight excluding hydrogens is 236 g/mol. The Morgan fingerprint density at radius 2 is 1.94 bits per heavy atom. The summed E-state index contributed by atoms with van der Waals surface area (Å²) in [5.74, 6) is 1.41. The molecule has 1 aliphatic carbocycles. The van der Waals surface area contributed by atoms with E-state index < -0.39 is 0 Å². The Kier molecular flexibility index (Phi) is 6.90. The van der Waals surface area contributed by atoms with Crippen molar-refractivity contribution >= 4 is 18.3 Å². The molecule has 0 aromatic rings. The van der Waals surface area contributed by atoms with Gasteiger partial charge < -0.3 is 10.6 Å². The fourth-order valence-electron chi connectivity index (χ4n) is 2.87. The second kappa shape index (κ2) is 7.93. The Morgan fingerprint density at radius 3 is 2.59 bits per heavy atom. The van der Waals surface area contributed by atoms with Crippen LogP contribution in [-0.4, -0.2) is 25.5 Å². The van der Waals surface area contributed by atoms with E-state index in [0.717, 1.165) is 44.8 Å². The van der Waals surface area contributed by atoms with Crippen molar-refractivity contribution in [3.8, 4) is 0 Å². The van der Waals surface area contributed by atoms with E-state index in [1.54, 1.807) is 0 Å². The smallest absolute Gasteiger partial charge is 0.223 e. The predicted molar refractivity (Wildman–Crippen MR) is 72.4 cm³/mol. The van der Waals surface area contributed by atoms with Crippen LogP contribution in [0.4, 0.5) is 0 Å². The summed E-state index contributed by atoms with van der Waals surface area (Å²) in [5, 5.41) is 6.47. The number of nitrogens with one attached hydrogen (secondary N) is 2. The summed E-state index contributed by atoms with van der Waals surface area (Å²) in [6.07, 6.45) is 8.44. The Labute approximate surface area is 111 Å². The maximum absolute atomic E-state index is 11.8. The van der Waals surface area contributed by atoms with Gasteiger partial charge in [-0.1, -0.05) is 19.3 Å². The molecule has 0 aromatic heterocycles. The zero-order valence-corrected chi connectivity index (χ0v) is 11.4. The van der Waals surface area contributed by atoms with Gasteiger partial charge in [-0.15, -0.1) is 12.4 Å². The Bertz CT molecular complexity index is 223. The molecule has 1 saturated carbocycles. The van der Waals surface area contributed by atoms with E-state index in [0.29, 0.717) is 11.8 Å². The van der Waals surface area contributed by atoms with Crippen LogP contribution in [0.5, 0.6) is 0 Å². The number of hydrogen-bond donors (Lipinski definition) is 2. The highest BCUT2D eigenvalue weighted by molar-refractivity contribution is 5.85. The van der Waals surface area contributed by atoms with Gasteiger partial charge in [0, 0.05) is 12.5 Å². The summed E-state index contributed by atoms with van der Waals surface area (Å²) in [4.78, 5) is 11.8. The van der Waals surface area contributed by atoms with Crippen LogP contribution < -0.4 is 10.6 Å². The second-order valence-corrected chi connectivity index (χ2v) is 5.27. The van der Waals surface area contributed by atoms with E-state index in [4.69, 9.17) is 0 Å². The standard InChI is InChI=1S/C13H24N2O.ClH/c16-13(12-4-2-1-3-5-12)15-9-7-11-6-8-14-10-11;/h11-12,14H,1-10H2,(H,15,16);1H. The highest BCUT2D eigenvalue weighted by atomic mass is 35.5. The molecule has 2 N–H and O–H groups in total. The lowest BCUT2D eigenvalue weighted by molar-refractivity contribution is -0.125. The normalized spacial score (nSPS) is 25.3. The van der Waals surface area contributed by atoms with E-state index >= 15 is 0 Å². The van der Waals surface area contributed by atoms with Crippen molar-refractivity contribution < 1.29 is 4.79 Å². The van der Waals surface area contributed by atoms with Gasteiger partial charge in [0.2, 0.25) is 5.91 Å². The van der Waals surface area contributed by atoms with E-state index in [-0.39, 0.29) is 12.4 Å². The quantitative estimate of drug-likeness (QED) is 0.813. The first-order valence-electron chi connectivity index (χ1n) is 6.84. The van der Waals surface area contributed by atoms with Gasteiger partial charge in [0.1, 0.15) is 0 Å². The third kappa shape index (κ3) is 4.84. The lowest BCUT2D eigenvalue weighted by atomic mass is 9.88. The number of hydrogen-bond acceptors (Lipinski definition) is 2. The number of rotatable bonds is 4. The van der Waals surface area contributed by atoms with E-state index in [9.17, 15) is 4.79 Å². The van der Waals surface area contributed by atoms with Gasteiger partial charge in [-0.25, -0.2) is 0 Å². The molecule has 1 aliphatic heterocycles. The highest BCUT2D eigenvalue weighted by Crippen LogP contribution is 2.23. The largest absolute Gasteiger partial charge is 0.356 e. The molecule has 17 heavy (non-hydrogen) atoms. The lowest BCUT2D eigenvalue weighted by Crippen LogP contribution is -2.33. The fraction of sp³-hybridized carbons (Fsp3) is 0.923. The predicted octanol–water partition coefficient (Wildman–Crippen LogP) is 2.10. The summed E-state index contributed by atoms with van der Waals surface area (Å²) >= 11 is 0. The van der Waals surface area contributed by atoms with E-state index in [1.807, 2.05) is 0 Å². The SMILES string of the molecule is Cl.O=C(NCCC1CCNC1)C1CCCCC1. The maximum atomic E-state index is 11.8. The van der Waals surface area contributed by atoms with Crippen LogP contribution in [0.1, 0.15) is 44.9 Å². The zero-order valence-electron chi connectivity index (χ0n) is 10.5. The van der Waals surface area contributed by atoms with Gasteiger partial charge in [-0.2, -0.15) is 0 Å². The third-order valence-corrected chi connectivity index (χ3v) is 3.99. The Hall–Kier alpha value is -0.280. The minimum absolute atomic E-state index is 0. The molecule has 1 atom stereocenters. The van der Waals surface area contributed by atoms with Crippen molar-refractivity contribution in [2.75, 3.05) is 19.6 Å². The first kappa shape index (κ1) is 14.8. The van der Waals surface area contributed by atoms with Gasteiger partial charge >= 0.3 is 0 Å². The highest BCUT2D eigenvalue weighted by Gasteiger charge is 2.21. The van der Waals surface area contributed by atoms with Crippen LogP contribution in [0.25, 0.3) is 0 Å². The van der Waals surface area contributed by atoms with E-state index in [2.05, 4.69) is 10.6 Å². The summed E-state index contributed by atoms with van der Waals surface area (Å²) in [6, 6.07) is 0. The van der Waals surface area contributed by atoms with E-state index in [1.165, 1.54) is 25.7 Å². The summed E-state index contributed by atoms with van der Waals surface area (Å²) in [6.45, 7) is 3.17. The second-order valence-electron chi connectivity index (χ2n) is 5.27. The number of carbonyl (C=O) groups excluding carboxylic acids is 1. The van der Waals surface area contributed by atoms with Gasteiger partial charge in [-0.05, 0) is 44.7 Å². The van der Waals surface area contributed by atoms with Crippen LogP contribution in [0.2, 0.25) is 0 Å². The van der Waals surface area contributed by atoms with Gasteiger partial charge in [0.25, 0.3) is 0 Å². The Morgan fingerprint density at radius 1 is 1.18 bits per heavy atom. The monoisotopic (exact) mass is 260 g/mol. The minimum Gasteiger partial charge on any atom is -0.356 e. The molecule has 0 spiro atoms. The van der Waals surface area contributed by atoms with Gasteiger partial charge in [-0.3, -0.25) is 4.79 Å². The molecule has 100 valence electrons. The molecule has 3 nitrogen and oxygen atoms in total. The van der Waals surface area contributed by atoms with Crippen molar-refractivity contribution in [2.45, 2.75) is 44.9 Å². The first-order valence-corrected chi connectivity index (χ1v) is 6.84. The minimum atomic E-state index is 0. The molecule has 0 aromatic carbocycles.